The first-order chi connectivity index (χ1) is 21.4. The number of carbonyl (C=O) groups excluding carboxylic acids is 1. The highest BCUT2D eigenvalue weighted by atomic mass is 19.4. The van der Waals surface area contributed by atoms with E-state index >= 15 is 0 Å². The SMILES string of the molecule is O=C(Nc1ccc(CN2CCC(C(O)(c3ccc(OC(F)(F)F)cc3)c3ccc(OC(F)(F)F)cc3)CC2)cc1)OCC(F)(F)F. The van der Waals surface area contributed by atoms with Gasteiger partial charge in [0.1, 0.15) is 17.1 Å². The Bertz CT molecular complexity index is 1380. The summed E-state index contributed by atoms with van der Waals surface area (Å²) < 4.78 is 125. The number of ether oxygens (including phenoxy) is 3. The van der Waals surface area contributed by atoms with Crippen LogP contribution < -0.4 is 14.8 Å². The standard InChI is InChI=1S/C30H27F9N2O5/c31-27(32,33)18-44-26(42)40-23-7-1-19(2-8-23)17-41-15-13-22(14-16-41)28(43,20-3-9-24(10-4-20)45-29(34,35)36)21-5-11-25(12-6-21)46-30(37,38)39/h1-12,22,43H,13-18H2,(H,40,42). The Kier molecular flexibility index (Phi) is 10.3. The maximum atomic E-state index is 12.7. The lowest BCUT2D eigenvalue weighted by atomic mass is 9.72. The Morgan fingerprint density at radius 1 is 0.739 bits per heavy atom. The summed E-state index contributed by atoms with van der Waals surface area (Å²) in [6.07, 6.45) is -15.0. The number of carbonyl (C=O) groups is 1. The van der Waals surface area contributed by atoms with Crippen LogP contribution in [0.15, 0.2) is 72.8 Å². The summed E-state index contributed by atoms with van der Waals surface area (Å²) in [4.78, 5) is 13.6. The molecule has 2 N–H and O–H groups in total. The molecule has 0 radical (unpaired) electrons. The molecule has 1 aliphatic heterocycles. The molecule has 16 heteroatoms. The summed E-state index contributed by atoms with van der Waals surface area (Å²) in [5, 5.41) is 14.3. The number of benzene rings is 3. The van der Waals surface area contributed by atoms with Crippen LogP contribution in [-0.4, -0.2) is 54.7 Å². The molecule has 3 aromatic rings. The van der Waals surface area contributed by atoms with E-state index in [-0.39, 0.29) is 16.8 Å². The average molecular weight is 667 g/mol. The second-order valence-corrected chi connectivity index (χ2v) is 10.5. The third-order valence-corrected chi connectivity index (χ3v) is 7.21. The van der Waals surface area contributed by atoms with E-state index in [4.69, 9.17) is 0 Å². The van der Waals surface area contributed by atoms with E-state index in [9.17, 15) is 49.4 Å². The van der Waals surface area contributed by atoms with Crippen molar-refractivity contribution >= 4 is 11.8 Å². The molecule has 1 aliphatic rings. The van der Waals surface area contributed by atoms with Crippen LogP contribution in [0.4, 0.5) is 50.0 Å². The lowest BCUT2D eigenvalue weighted by Crippen LogP contribution is -2.44. The summed E-state index contributed by atoms with van der Waals surface area (Å²) >= 11 is 0. The van der Waals surface area contributed by atoms with Crippen LogP contribution in [0.5, 0.6) is 11.5 Å². The zero-order chi connectivity index (χ0) is 33.8. The van der Waals surface area contributed by atoms with E-state index in [0.29, 0.717) is 32.5 Å². The normalized spacial score (nSPS) is 15.3. The number of nitrogens with zero attached hydrogens (tertiary/aromatic N) is 1. The Hall–Kier alpha value is -4.18. The largest absolute Gasteiger partial charge is 0.573 e. The second kappa shape index (κ2) is 13.7. The number of piperidine rings is 1. The summed E-state index contributed by atoms with van der Waals surface area (Å²) in [7, 11) is 0. The number of nitrogens with one attached hydrogen (secondary N) is 1. The van der Waals surface area contributed by atoms with Gasteiger partial charge in [0.25, 0.3) is 0 Å². The molecule has 4 rings (SSSR count). The number of aliphatic hydroxyl groups is 1. The van der Waals surface area contributed by atoms with Gasteiger partial charge in [0.15, 0.2) is 6.61 Å². The molecule has 0 spiro atoms. The molecule has 0 saturated carbocycles. The van der Waals surface area contributed by atoms with Crippen LogP contribution >= 0.6 is 0 Å². The molecule has 3 aromatic carbocycles. The number of halogens is 9. The van der Waals surface area contributed by atoms with Gasteiger partial charge in [0.2, 0.25) is 0 Å². The summed E-state index contributed by atoms with van der Waals surface area (Å²) in [5.74, 6) is -1.52. The highest BCUT2D eigenvalue weighted by Crippen LogP contribution is 2.43. The van der Waals surface area contributed by atoms with Crippen LogP contribution in [-0.2, 0) is 16.9 Å². The Morgan fingerprint density at radius 2 is 1.20 bits per heavy atom. The van der Waals surface area contributed by atoms with Crippen LogP contribution in [0.2, 0.25) is 0 Å². The molecule has 0 atom stereocenters. The molecule has 1 amide bonds. The minimum Gasteiger partial charge on any atom is -0.440 e. The van der Waals surface area contributed by atoms with Gasteiger partial charge in [0.05, 0.1) is 0 Å². The number of likely N-dealkylation sites (tertiary alicyclic amines) is 1. The van der Waals surface area contributed by atoms with E-state index in [1.54, 1.807) is 12.1 Å². The fraction of sp³-hybridized carbons (Fsp3) is 0.367. The van der Waals surface area contributed by atoms with Gasteiger partial charge in [0, 0.05) is 12.2 Å². The predicted molar refractivity (Wildman–Crippen MR) is 145 cm³/mol. The van der Waals surface area contributed by atoms with Crippen LogP contribution in [0, 0.1) is 5.92 Å². The van der Waals surface area contributed by atoms with Gasteiger partial charge in [-0.25, -0.2) is 4.79 Å². The third kappa shape index (κ3) is 9.91. The summed E-state index contributed by atoms with van der Waals surface area (Å²) in [6.45, 7) is -0.364. The Balaban J connectivity index is 1.45. The second-order valence-electron chi connectivity index (χ2n) is 10.5. The van der Waals surface area contributed by atoms with Crippen LogP contribution in [0.25, 0.3) is 0 Å². The smallest absolute Gasteiger partial charge is 0.440 e. The number of hydrogen-bond acceptors (Lipinski definition) is 6. The first-order valence-electron chi connectivity index (χ1n) is 13.7. The highest BCUT2D eigenvalue weighted by molar-refractivity contribution is 5.84. The topological polar surface area (TPSA) is 80.3 Å². The number of amides is 1. The summed E-state index contributed by atoms with van der Waals surface area (Å²) in [5.41, 5.74) is -0.349. The van der Waals surface area contributed by atoms with Crippen molar-refractivity contribution < 1.29 is 63.6 Å². The molecule has 46 heavy (non-hydrogen) atoms. The fourth-order valence-electron chi connectivity index (χ4n) is 5.22. The van der Waals surface area contributed by atoms with Gasteiger partial charge in [-0.1, -0.05) is 36.4 Å². The zero-order valence-electron chi connectivity index (χ0n) is 23.7. The van der Waals surface area contributed by atoms with E-state index in [1.807, 2.05) is 0 Å². The molecule has 0 unspecified atom stereocenters. The van der Waals surface area contributed by atoms with Crippen molar-refractivity contribution in [1.82, 2.24) is 4.90 Å². The van der Waals surface area contributed by atoms with Crippen LogP contribution in [0.1, 0.15) is 29.5 Å². The zero-order valence-corrected chi connectivity index (χ0v) is 23.7. The molecule has 1 saturated heterocycles. The molecule has 0 aromatic heterocycles. The third-order valence-electron chi connectivity index (χ3n) is 7.21. The number of anilines is 1. The molecule has 250 valence electrons. The minimum atomic E-state index is -4.93. The van der Waals surface area contributed by atoms with Crippen molar-refractivity contribution in [2.75, 3.05) is 25.0 Å². The Morgan fingerprint density at radius 3 is 1.61 bits per heavy atom. The van der Waals surface area contributed by atoms with Crippen molar-refractivity contribution in [3.05, 3.63) is 89.5 Å². The van der Waals surface area contributed by atoms with Gasteiger partial charge in [-0.2, -0.15) is 13.2 Å². The predicted octanol–water partition coefficient (Wildman–Crippen LogP) is 7.74. The minimum absolute atomic E-state index is 0.210. The Labute approximate surface area is 256 Å². The van der Waals surface area contributed by atoms with E-state index in [2.05, 4.69) is 24.4 Å². The van der Waals surface area contributed by atoms with Gasteiger partial charge < -0.3 is 19.3 Å². The maximum absolute atomic E-state index is 12.7. The van der Waals surface area contributed by atoms with Crippen LogP contribution in [0.3, 0.4) is 0 Å². The van der Waals surface area contributed by atoms with Crippen molar-refractivity contribution in [3.63, 3.8) is 0 Å². The summed E-state index contributed by atoms with van der Waals surface area (Å²) in [6, 6.07) is 15.5. The fourth-order valence-corrected chi connectivity index (χ4v) is 5.22. The monoisotopic (exact) mass is 666 g/mol. The molecular formula is C30H27F9N2O5. The highest BCUT2D eigenvalue weighted by Gasteiger charge is 2.42. The number of rotatable bonds is 9. The lowest BCUT2D eigenvalue weighted by molar-refractivity contribution is -0.275. The van der Waals surface area contributed by atoms with Crippen molar-refractivity contribution in [1.29, 1.82) is 0 Å². The van der Waals surface area contributed by atoms with Crippen molar-refractivity contribution in [2.45, 2.75) is 43.9 Å². The molecule has 7 nitrogen and oxygen atoms in total. The van der Waals surface area contributed by atoms with E-state index in [0.717, 1.165) is 29.8 Å². The average Bonchev–Trinajstić information content (AvgIpc) is 2.96. The molecule has 1 heterocycles. The molecule has 0 bridgehead atoms. The molecular weight excluding hydrogens is 639 g/mol. The lowest BCUT2D eigenvalue weighted by Gasteiger charge is -2.42. The number of hydrogen-bond donors (Lipinski definition) is 2. The quantitative estimate of drug-likeness (QED) is 0.228. The van der Waals surface area contributed by atoms with Gasteiger partial charge in [-0.3, -0.25) is 10.2 Å². The molecule has 1 fully saturated rings. The van der Waals surface area contributed by atoms with Crippen molar-refractivity contribution in [3.8, 4) is 11.5 Å². The van der Waals surface area contributed by atoms with Gasteiger partial charge in [-0.15, -0.1) is 26.3 Å². The maximum Gasteiger partial charge on any atom is 0.573 e. The van der Waals surface area contributed by atoms with E-state index < -0.39 is 54.6 Å². The van der Waals surface area contributed by atoms with Crippen molar-refractivity contribution in [2.24, 2.45) is 5.92 Å². The van der Waals surface area contributed by atoms with E-state index in [1.165, 1.54) is 36.4 Å². The molecule has 0 aliphatic carbocycles. The number of alkyl halides is 9. The first-order valence-corrected chi connectivity index (χ1v) is 13.7. The van der Waals surface area contributed by atoms with Gasteiger partial charge >= 0.3 is 25.0 Å². The first kappa shape index (κ1) is 34.7. The van der Waals surface area contributed by atoms with Gasteiger partial charge in [-0.05, 0) is 84.9 Å².